The van der Waals surface area contributed by atoms with Crippen molar-refractivity contribution in [1.82, 2.24) is 15.2 Å². The van der Waals surface area contributed by atoms with Crippen LogP contribution in [0.2, 0.25) is 0 Å². The average molecular weight is 260 g/mol. The van der Waals surface area contributed by atoms with Crippen molar-refractivity contribution in [3.05, 3.63) is 46.8 Å². The van der Waals surface area contributed by atoms with Crippen LogP contribution in [0.4, 0.5) is 0 Å². The van der Waals surface area contributed by atoms with Crippen LogP contribution in [0.15, 0.2) is 24.4 Å². The van der Waals surface area contributed by atoms with E-state index in [1.54, 1.807) is 18.0 Å². The Hall–Kier alpha value is -1.85. The number of benzene rings is 1. The first-order valence-electron chi connectivity index (χ1n) is 6.17. The molecule has 0 amide bonds. The van der Waals surface area contributed by atoms with Gasteiger partial charge in [0, 0.05) is 7.05 Å². The molecule has 2 aromatic rings. The van der Waals surface area contributed by atoms with Crippen LogP contribution in [0.1, 0.15) is 28.4 Å². The van der Waals surface area contributed by atoms with Gasteiger partial charge < -0.3 is 4.74 Å². The summed E-state index contributed by atoms with van der Waals surface area (Å²) >= 11 is 0. The Morgan fingerprint density at radius 2 is 2.05 bits per heavy atom. The van der Waals surface area contributed by atoms with Crippen molar-refractivity contribution in [1.29, 1.82) is 0 Å². The minimum Gasteiger partial charge on any atom is -0.493 e. The molecule has 5 nitrogen and oxygen atoms in total. The third-order valence-corrected chi connectivity index (χ3v) is 3.47. The van der Waals surface area contributed by atoms with E-state index in [9.17, 15) is 0 Å². The van der Waals surface area contributed by atoms with Crippen LogP contribution in [0.5, 0.6) is 5.75 Å². The first-order chi connectivity index (χ1) is 9.08. The van der Waals surface area contributed by atoms with Gasteiger partial charge in [-0.15, -0.1) is 0 Å². The molecular weight excluding hydrogens is 240 g/mol. The summed E-state index contributed by atoms with van der Waals surface area (Å²) in [5.41, 5.74) is 7.34. The van der Waals surface area contributed by atoms with Gasteiger partial charge in [-0.1, -0.05) is 18.2 Å². The average Bonchev–Trinajstić information content (AvgIpc) is 2.76. The van der Waals surface area contributed by atoms with Crippen molar-refractivity contribution in [3.8, 4) is 5.75 Å². The first kappa shape index (κ1) is 13.6. The van der Waals surface area contributed by atoms with E-state index in [2.05, 4.69) is 42.6 Å². The third kappa shape index (κ3) is 2.47. The number of rotatable bonds is 4. The summed E-state index contributed by atoms with van der Waals surface area (Å²) in [6.45, 7) is 4.18. The molecule has 0 aliphatic carbocycles. The Morgan fingerprint density at radius 1 is 1.32 bits per heavy atom. The molecule has 0 aliphatic heterocycles. The lowest BCUT2D eigenvalue weighted by atomic mass is 9.99. The highest BCUT2D eigenvalue weighted by atomic mass is 16.5. The normalized spacial score (nSPS) is 12.5. The topological polar surface area (TPSA) is 65.1 Å². The molecule has 1 aromatic heterocycles. The molecule has 1 heterocycles. The predicted octanol–water partition coefficient (Wildman–Crippen LogP) is 1.60. The van der Waals surface area contributed by atoms with Gasteiger partial charge in [0.05, 0.1) is 19.3 Å². The van der Waals surface area contributed by atoms with E-state index in [-0.39, 0.29) is 6.04 Å². The monoisotopic (exact) mass is 260 g/mol. The Labute approximate surface area is 113 Å². The fourth-order valence-corrected chi connectivity index (χ4v) is 2.19. The maximum atomic E-state index is 5.73. The molecule has 0 saturated heterocycles. The second-order valence-corrected chi connectivity index (χ2v) is 4.67. The minimum absolute atomic E-state index is 0.151. The standard InChI is InChI=1S/C14H20N4O/c1-9-5-6-11(7-10(9)2)13(17-15)14-12(19-4)8-16-18(14)3/h5-8,13,17H,15H2,1-4H3. The largest absolute Gasteiger partial charge is 0.493 e. The zero-order chi connectivity index (χ0) is 14.0. The van der Waals surface area contributed by atoms with Crippen molar-refractivity contribution in [3.63, 3.8) is 0 Å². The van der Waals surface area contributed by atoms with Crippen molar-refractivity contribution in [2.75, 3.05) is 7.11 Å². The molecule has 0 spiro atoms. The zero-order valence-electron chi connectivity index (χ0n) is 11.8. The summed E-state index contributed by atoms with van der Waals surface area (Å²) in [6.07, 6.45) is 1.70. The van der Waals surface area contributed by atoms with Crippen LogP contribution in [-0.4, -0.2) is 16.9 Å². The number of aryl methyl sites for hydroxylation is 3. The van der Waals surface area contributed by atoms with Crippen LogP contribution >= 0.6 is 0 Å². The summed E-state index contributed by atoms with van der Waals surface area (Å²) in [6, 6.07) is 6.14. The molecule has 0 saturated carbocycles. The summed E-state index contributed by atoms with van der Waals surface area (Å²) in [5, 5.41) is 4.22. The van der Waals surface area contributed by atoms with Crippen LogP contribution in [-0.2, 0) is 7.05 Å². The molecule has 0 fully saturated rings. The summed E-state index contributed by atoms with van der Waals surface area (Å²) < 4.78 is 7.12. The highest BCUT2D eigenvalue weighted by Gasteiger charge is 2.21. The molecule has 1 atom stereocenters. The van der Waals surface area contributed by atoms with E-state index < -0.39 is 0 Å². The van der Waals surface area contributed by atoms with Gasteiger partial charge in [-0.05, 0) is 30.5 Å². The highest BCUT2D eigenvalue weighted by Crippen LogP contribution is 2.29. The van der Waals surface area contributed by atoms with Crippen LogP contribution in [0, 0.1) is 13.8 Å². The molecule has 102 valence electrons. The van der Waals surface area contributed by atoms with Gasteiger partial charge in [0.25, 0.3) is 0 Å². The number of nitrogens with zero attached hydrogens (tertiary/aromatic N) is 2. The molecule has 5 heteroatoms. The molecule has 0 bridgehead atoms. The van der Waals surface area contributed by atoms with Gasteiger partial charge in [-0.25, -0.2) is 5.43 Å². The Bertz CT molecular complexity index is 577. The third-order valence-electron chi connectivity index (χ3n) is 3.47. The molecular formula is C14H20N4O. The number of hydrogen-bond acceptors (Lipinski definition) is 4. The number of hydrazine groups is 1. The van der Waals surface area contributed by atoms with Crippen LogP contribution in [0.3, 0.4) is 0 Å². The van der Waals surface area contributed by atoms with Crippen LogP contribution in [0.25, 0.3) is 0 Å². The zero-order valence-corrected chi connectivity index (χ0v) is 11.8. The summed E-state index contributed by atoms with van der Waals surface area (Å²) in [4.78, 5) is 0. The van der Waals surface area contributed by atoms with Gasteiger partial charge in [-0.2, -0.15) is 5.10 Å². The van der Waals surface area contributed by atoms with E-state index in [0.29, 0.717) is 0 Å². The van der Waals surface area contributed by atoms with E-state index in [0.717, 1.165) is 17.0 Å². The maximum Gasteiger partial charge on any atom is 0.161 e. The van der Waals surface area contributed by atoms with Gasteiger partial charge in [-0.3, -0.25) is 10.5 Å². The van der Waals surface area contributed by atoms with E-state index >= 15 is 0 Å². The van der Waals surface area contributed by atoms with E-state index in [1.165, 1.54) is 11.1 Å². The lowest BCUT2D eigenvalue weighted by molar-refractivity contribution is 0.401. The fraction of sp³-hybridized carbons (Fsp3) is 0.357. The van der Waals surface area contributed by atoms with Crippen molar-refractivity contribution >= 4 is 0 Å². The van der Waals surface area contributed by atoms with Crippen molar-refractivity contribution in [2.24, 2.45) is 12.9 Å². The SMILES string of the molecule is COc1cnn(C)c1C(NN)c1ccc(C)c(C)c1. The summed E-state index contributed by atoms with van der Waals surface area (Å²) in [5.74, 6) is 6.46. The summed E-state index contributed by atoms with van der Waals surface area (Å²) in [7, 11) is 3.51. The molecule has 0 aliphatic rings. The number of aromatic nitrogens is 2. The molecule has 2 rings (SSSR count). The maximum absolute atomic E-state index is 5.73. The van der Waals surface area contributed by atoms with Crippen molar-refractivity contribution < 1.29 is 4.74 Å². The van der Waals surface area contributed by atoms with E-state index in [4.69, 9.17) is 10.6 Å². The lowest BCUT2D eigenvalue weighted by Crippen LogP contribution is -2.30. The molecule has 3 N–H and O–H groups in total. The highest BCUT2D eigenvalue weighted by molar-refractivity contribution is 5.39. The van der Waals surface area contributed by atoms with Crippen molar-refractivity contribution in [2.45, 2.75) is 19.9 Å². The predicted molar refractivity (Wildman–Crippen MR) is 74.8 cm³/mol. The quantitative estimate of drug-likeness (QED) is 0.647. The number of nitrogens with two attached hydrogens (primary N) is 1. The minimum atomic E-state index is -0.151. The molecule has 19 heavy (non-hydrogen) atoms. The van der Waals surface area contributed by atoms with Crippen LogP contribution < -0.4 is 16.0 Å². The van der Waals surface area contributed by atoms with Gasteiger partial charge in [0.15, 0.2) is 5.75 Å². The smallest absolute Gasteiger partial charge is 0.161 e. The van der Waals surface area contributed by atoms with Gasteiger partial charge in [0.2, 0.25) is 0 Å². The Kier molecular flexibility index (Phi) is 3.87. The number of methoxy groups -OCH3 is 1. The number of nitrogens with one attached hydrogen (secondary N) is 1. The molecule has 1 unspecified atom stereocenters. The van der Waals surface area contributed by atoms with Gasteiger partial charge >= 0.3 is 0 Å². The molecule has 1 aromatic carbocycles. The Balaban J connectivity index is 2.49. The second kappa shape index (κ2) is 5.42. The molecule has 0 radical (unpaired) electrons. The van der Waals surface area contributed by atoms with E-state index in [1.807, 2.05) is 7.05 Å². The second-order valence-electron chi connectivity index (χ2n) is 4.67. The Morgan fingerprint density at radius 3 is 2.63 bits per heavy atom. The number of ether oxygens (including phenoxy) is 1. The van der Waals surface area contributed by atoms with Gasteiger partial charge in [0.1, 0.15) is 5.69 Å². The number of hydrogen-bond donors (Lipinski definition) is 2. The lowest BCUT2D eigenvalue weighted by Gasteiger charge is -2.19. The fourth-order valence-electron chi connectivity index (χ4n) is 2.19. The first-order valence-corrected chi connectivity index (χ1v) is 6.17.